The number of nitrogens with zero attached hydrogens (tertiary/aromatic N) is 2. The van der Waals surface area contributed by atoms with Gasteiger partial charge in [0, 0.05) is 30.7 Å². The Labute approximate surface area is 99.7 Å². The van der Waals surface area contributed by atoms with Crippen LogP contribution in [0.3, 0.4) is 0 Å². The zero-order valence-electron chi connectivity index (χ0n) is 11.0. The van der Waals surface area contributed by atoms with Crippen LogP contribution in [0.2, 0.25) is 0 Å². The second kappa shape index (κ2) is 6.51. The summed E-state index contributed by atoms with van der Waals surface area (Å²) in [5.41, 5.74) is 2.54. The average molecular weight is 220 g/mol. The van der Waals surface area contributed by atoms with Gasteiger partial charge in [-0.3, -0.25) is 4.98 Å². The van der Waals surface area contributed by atoms with Crippen molar-refractivity contribution in [3.8, 4) is 0 Å². The van der Waals surface area contributed by atoms with Gasteiger partial charge in [-0.1, -0.05) is 27.7 Å². The van der Waals surface area contributed by atoms with E-state index in [9.17, 15) is 0 Å². The highest BCUT2D eigenvalue weighted by molar-refractivity contribution is 5.47. The summed E-state index contributed by atoms with van der Waals surface area (Å²) < 4.78 is 0. The van der Waals surface area contributed by atoms with Gasteiger partial charge in [-0.25, -0.2) is 0 Å². The minimum Gasteiger partial charge on any atom is -0.371 e. The van der Waals surface area contributed by atoms with E-state index in [4.69, 9.17) is 0 Å². The van der Waals surface area contributed by atoms with Crippen molar-refractivity contribution in [2.75, 3.05) is 18.0 Å². The van der Waals surface area contributed by atoms with Crippen molar-refractivity contribution in [2.24, 2.45) is 5.92 Å². The first-order valence-electron chi connectivity index (χ1n) is 6.49. The molecule has 1 aromatic heterocycles. The van der Waals surface area contributed by atoms with Crippen molar-refractivity contribution in [2.45, 2.75) is 40.5 Å². The second-order valence-corrected chi connectivity index (χ2v) is 4.20. The molecule has 0 spiro atoms. The number of aryl methyl sites for hydroxylation is 1. The molecular formula is C14H24N2. The second-order valence-electron chi connectivity index (χ2n) is 4.20. The summed E-state index contributed by atoms with van der Waals surface area (Å²) in [5.74, 6) is 0.841. The van der Waals surface area contributed by atoms with Gasteiger partial charge in [0.25, 0.3) is 0 Å². The van der Waals surface area contributed by atoms with Crippen LogP contribution in [0.4, 0.5) is 5.69 Å². The molecule has 0 N–H and O–H groups in total. The van der Waals surface area contributed by atoms with Crippen LogP contribution in [-0.4, -0.2) is 18.1 Å². The number of hydrogen-bond acceptors (Lipinski definition) is 2. The Kier molecular flexibility index (Phi) is 5.30. The van der Waals surface area contributed by atoms with E-state index in [0.29, 0.717) is 0 Å². The molecule has 2 nitrogen and oxygen atoms in total. The Hall–Kier alpha value is -1.05. The zero-order chi connectivity index (χ0) is 12.0. The van der Waals surface area contributed by atoms with Gasteiger partial charge < -0.3 is 4.90 Å². The molecular weight excluding hydrogens is 196 g/mol. The van der Waals surface area contributed by atoms with E-state index in [0.717, 1.165) is 12.3 Å². The lowest BCUT2D eigenvalue weighted by molar-refractivity contribution is 0.659. The van der Waals surface area contributed by atoms with E-state index in [-0.39, 0.29) is 0 Å². The van der Waals surface area contributed by atoms with Crippen LogP contribution in [0.5, 0.6) is 0 Å². The van der Waals surface area contributed by atoms with Crippen LogP contribution in [0.25, 0.3) is 0 Å². The van der Waals surface area contributed by atoms with E-state index in [1.807, 2.05) is 20.0 Å². The van der Waals surface area contributed by atoms with Gasteiger partial charge in [0.05, 0.1) is 0 Å². The Morgan fingerprint density at radius 2 is 2.19 bits per heavy atom. The number of pyridine rings is 1. The SMILES string of the molecule is CC.CCc1cc(N2CCC(C)C2)ccn1. The van der Waals surface area contributed by atoms with Crippen molar-refractivity contribution in [3.63, 3.8) is 0 Å². The maximum absolute atomic E-state index is 4.32. The fraction of sp³-hybridized carbons (Fsp3) is 0.643. The summed E-state index contributed by atoms with van der Waals surface area (Å²) in [6.07, 6.45) is 4.28. The maximum Gasteiger partial charge on any atom is 0.0421 e. The Morgan fingerprint density at radius 1 is 1.44 bits per heavy atom. The van der Waals surface area contributed by atoms with Crippen LogP contribution in [-0.2, 0) is 6.42 Å². The number of anilines is 1. The molecule has 0 radical (unpaired) electrons. The Morgan fingerprint density at radius 3 is 2.75 bits per heavy atom. The lowest BCUT2D eigenvalue weighted by Gasteiger charge is -2.18. The van der Waals surface area contributed by atoms with Gasteiger partial charge in [-0.05, 0) is 30.9 Å². The van der Waals surface area contributed by atoms with Crippen molar-refractivity contribution in [3.05, 3.63) is 24.0 Å². The third kappa shape index (κ3) is 3.22. The molecule has 1 atom stereocenters. The fourth-order valence-electron chi connectivity index (χ4n) is 2.03. The summed E-state index contributed by atoms with van der Waals surface area (Å²) in [5, 5.41) is 0. The number of rotatable bonds is 2. The van der Waals surface area contributed by atoms with Crippen LogP contribution in [0, 0.1) is 5.92 Å². The van der Waals surface area contributed by atoms with Crippen LogP contribution >= 0.6 is 0 Å². The van der Waals surface area contributed by atoms with Gasteiger partial charge in [0.15, 0.2) is 0 Å². The summed E-state index contributed by atoms with van der Waals surface area (Å²) in [4.78, 5) is 6.79. The van der Waals surface area contributed by atoms with Gasteiger partial charge in [-0.15, -0.1) is 0 Å². The minimum absolute atomic E-state index is 0.841. The zero-order valence-corrected chi connectivity index (χ0v) is 11.0. The molecule has 1 aliphatic rings. The van der Waals surface area contributed by atoms with Crippen molar-refractivity contribution >= 4 is 5.69 Å². The van der Waals surface area contributed by atoms with Gasteiger partial charge >= 0.3 is 0 Å². The quantitative estimate of drug-likeness (QED) is 0.758. The molecule has 2 rings (SSSR count). The largest absolute Gasteiger partial charge is 0.371 e. The number of aromatic nitrogens is 1. The molecule has 0 saturated carbocycles. The third-order valence-corrected chi connectivity index (χ3v) is 2.95. The molecule has 90 valence electrons. The van der Waals surface area contributed by atoms with E-state index >= 15 is 0 Å². The summed E-state index contributed by atoms with van der Waals surface area (Å²) in [7, 11) is 0. The highest BCUT2D eigenvalue weighted by atomic mass is 15.1. The predicted octanol–water partition coefficient (Wildman–Crippen LogP) is 3.52. The molecule has 1 aromatic rings. The highest BCUT2D eigenvalue weighted by Gasteiger charge is 2.18. The molecule has 0 bridgehead atoms. The smallest absolute Gasteiger partial charge is 0.0421 e. The molecule has 1 fully saturated rings. The third-order valence-electron chi connectivity index (χ3n) is 2.95. The molecule has 1 aliphatic heterocycles. The standard InChI is InChI=1S/C12H18N2.C2H6/c1-3-11-8-12(4-6-13-11)14-7-5-10(2)9-14;1-2/h4,6,8,10H,3,5,7,9H2,1-2H3;1-2H3. The fourth-order valence-corrected chi connectivity index (χ4v) is 2.03. The number of hydrogen-bond donors (Lipinski definition) is 0. The summed E-state index contributed by atoms with van der Waals surface area (Å²) in [6, 6.07) is 4.34. The van der Waals surface area contributed by atoms with E-state index in [1.54, 1.807) is 0 Å². The molecule has 1 unspecified atom stereocenters. The Balaban J connectivity index is 0.000000606. The monoisotopic (exact) mass is 220 g/mol. The lowest BCUT2D eigenvalue weighted by atomic mass is 10.2. The maximum atomic E-state index is 4.32. The summed E-state index contributed by atoms with van der Waals surface area (Å²) >= 11 is 0. The van der Waals surface area contributed by atoms with E-state index in [2.05, 4.69) is 35.9 Å². The molecule has 0 aromatic carbocycles. The first-order chi connectivity index (χ1) is 7.79. The lowest BCUT2D eigenvalue weighted by Crippen LogP contribution is -2.19. The predicted molar refractivity (Wildman–Crippen MR) is 71.0 cm³/mol. The molecule has 1 saturated heterocycles. The first kappa shape index (κ1) is 13.0. The van der Waals surface area contributed by atoms with Crippen molar-refractivity contribution in [1.29, 1.82) is 0 Å². The minimum atomic E-state index is 0.841. The molecule has 16 heavy (non-hydrogen) atoms. The Bertz CT molecular complexity index is 309. The normalized spacial score (nSPS) is 19.2. The molecule has 2 heteroatoms. The topological polar surface area (TPSA) is 16.1 Å². The van der Waals surface area contributed by atoms with Crippen LogP contribution in [0.15, 0.2) is 18.3 Å². The average Bonchev–Trinajstić information content (AvgIpc) is 2.79. The van der Waals surface area contributed by atoms with E-state index < -0.39 is 0 Å². The van der Waals surface area contributed by atoms with Gasteiger partial charge in [0.1, 0.15) is 0 Å². The molecule has 0 aliphatic carbocycles. The van der Waals surface area contributed by atoms with Crippen LogP contribution < -0.4 is 4.90 Å². The first-order valence-corrected chi connectivity index (χ1v) is 6.49. The van der Waals surface area contributed by atoms with Gasteiger partial charge in [0.2, 0.25) is 0 Å². The molecule has 2 heterocycles. The van der Waals surface area contributed by atoms with Gasteiger partial charge in [-0.2, -0.15) is 0 Å². The highest BCUT2D eigenvalue weighted by Crippen LogP contribution is 2.23. The van der Waals surface area contributed by atoms with E-state index in [1.165, 1.54) is 30.9 Å². The van der Waals surface area contributed by atoms with Crippen molar-refractivity contribution < 1.29 is 0 Å². The summed E-state index contributed by atoms with van der Waals surface area (Å²) in [6.45, 7) is 10.9. The van der Waals surface area contributed by atoms with Crippen molar-refractivity contribution in [1.82, 2.24) is 4.98 Å². The van der Waals surface area contributed by atoms with Crippen LogP contribution in [0.1, 0.15) is 39.8 Å². The molecule has 0 amide bonds.